The summed E-state index contributed by atoms with van der Waals surface area (Å²) in [6.45, 7) is 4.27. The third-order valence-electron chi connectivity index (χ3n) is 7.08. The second kappa shape index (κ2) is 12.4. The van der Waals surface area contributed by atoms with Crippen LogP contribution in [-0.4, -0.2) is 84.0 Å². The van der Waals surface area contributed by atoms with Gasteiger partial charge in [-0.2, -0.15) is 13.5 Å². The fourth-order valence-corrected chi connectivity index (χ4v) is 6.07. The Labute approximate surface area is 250 Å². The van der Waals surface area contributed by atoms with Crippen LogP contribution in [0.3, 0.4) is 0 Å². The Bertz CT molecular complexity index is 1180. The molecule has 0 aliphatic carbocycles. The molecule has 1 atom stereocenters. The molecule has 0 bridgehead atoms. The fourth-order valence-electron chi connectivity index (χ4n) is 4.95. The van der Waals surface area contributed by atoms with E-state index in [1.54, 1.807) is 43.3 Å². The molecule has 2 aliphatic heterocycles. The maximum atomic E-state index is 13.2. The van der Waals surface area contributed by atoms with Crippen molar-refractivity contribution in [2.45, 2.75) is 37.5 Å². The van der Waals surface area contributed by atoms with E-state index in [2.05, 4.69) is 10.2 Å². The summed E-state index contributed by atoms with van der Waals surface area (Å²) in [7, 11) is 3.31. The van der Waals surface area contributed by atoms with Gasteiger partial charge in [-0.3, -0.25) is 14.5 Å². The molecule has 2 fully saturated rings. The van der Waals surface area contributed by atoms with Gasteiger partial charge in [0.2, 0.25) is 0 Å². The van der Waals surface area contributed by atoms with Crippen LogP contribution in [0.15, 0.2) is 30.3 Å². The minimum Gasteiger partial charge on any atom is -0.380 e. The van der Waals surface area contributed by atoms with E-state index in [-0.39, 0.29) is 31.4 Å². The molecule has 208 valence electrons. The summed E-state index contributed by atoms with van der Waals surface area (Å²) in [5.74, 6) is -0.610. The summed E-state index contributed by atoms with van der Waals surface area (Å²) >= 11 is 25.0. The van der Waals surface area contributed by atoms with Crippen LogP contribution in [0.4, 0.5) is 5.69 Å². The smallest absolute Gasteiger partial charge is 0.258 e. The quantitative estimate of drug-likeness (QED) is 0.469. The van der Waals surface area contributed by atoms with Gasteiger partial charge in [-0.05, 0) is 50.1 Å². The summed E-state index contributed by atoms with van der Waals surface area (Å²) in [6.07, 6.45) is 1.63. The Morgan fingerprint density at radius 1 is 1.00 bits per heavy atom. The molecule has 0 saturated carbocycles. The Kier molecular flexibility index (Phi) is 10.2. The first-order valence-corrected chi connectivity index (χ1v) is 13.6. The van der Waals surface area contributed by atoms with Crippen molar-refractivity contribution in [1.29, 1.82) is 0 Å². The number of nitrogens with zero attached hydrogens (tertiary/aromatic N) is 3. The highest BCUT2D eigenvalue weighted by atomic mass is 35.5. The second-order valence-electron chi connectivity index (χ2n) is 10.0. The van der Waals surface area contributed by atoms with Gasteiger partial charge in [0.15, 0.2) is 5.60 Å². The molecule has 2 aromatic carbocycles. The average molecular weight is 622 g/mol. The maximum absolute atomic E-state index is 13.2. The lowest BCUT2D eigenvalue weighted by Crippen LogP contribution is -2.61. The van der Waals surface area contributed by atoms with E-state index >= 15 is 0 Å². The van der Waals surface area contributed by atoms with Gasteiger partial charge in [0, 0.05) is 67.6 Å². The summed E-state index contributed by atoms with van der Waals surface area (Å²) in [5.41, 5.74) is -0.371. The van der Waals surface area contributed by atoms with E-state index in [0.717, 1.165) is 31.6 Å². The third kappa shape index (κ3) is 6.49. The molecule has 0 aromatic heterocycles. The van der Waals surface area contributed by atoms with Crippen molar-refractivity contribution in [3.8, 4) is 0 Å². The largest absolute Gasteiger partial charge is 0.380 e. The molecule has 2 heterocycles. The Morgan fingerprint density at radius 2 is 1.58 bits per heavy atom. The van der Waals surface area contributed by atoms with E-state index in [1.165, 1.54) is 17.9 Å². The highest BCUT2D eigenvalue weighted by Crippen LogP contribution is 2.34. The highest BCUT2D eigenvalue weighted by molar-refractivity contribution is 7.59. The molecular weight excluding hydrogens is 590 g/mol. The van der Waals surface area contributed by atoms with E-state index in [4.69, 9.17) is 46.4 Å². The zero-order chi connectivity index (χ0) is 27.1. The third-order valence-corrected chi connectivity index (χ3v) is 8.24. The molecule has 2 aliphatic rings. The number of likely N-dealkylation sites (tertiary alicyclic amines) is 2. The van der Waals surface area contributed by atoms with Crippen LogP contribution < -0.4 is 5.32 Å². The number of amides is 2. The topological polar surface area (TPSA) is 76.1 Å². The molecule has 2 N–H and O–H groups in total. The SMILES string of the molecule is CN(C)C(=O)c1c(Cl)cc(NC2CN(C3CCN(C(=O)[C@@](C)(O)c4cc(Cl)ccc4Cl)CC3)C2)cc1Cl.S. The van der Waals surface area contributed by atoms with Crippen molar-refractivity contribution in [2.75, 3.05) is 45.6 Å². The molecule has 2 saturated heterocycles. The minimum atomic E-state index is -1.75. The van der Waals surface area contributed by atoms with Crippen molar-refractivity contribution >= 4 is 77.4 Å². The molecule has 12 heteroatoms. The van der Waals surface area contributed by atoms with Crippen LogP contribution in [0.1, 0.15) is 35.7 Å². The summed E-state index contributed by atoms with van der Waals surface area (Å²) in [4.78, 5) is 31.0. The molecule has 0 unspecified atom stereocenters. The number of piperidine rings is 1. The Morgan fingerprint density at radius 3 is 2.13 bits per heavy atom. The fraction of sp³-hybridized carbons (Fsp3) is 0.462. The number of halogens is 4. The first-order valence-electron chi connectivity index (χ1n) is 12.1. The number of aliphatic hydroxyl groups is 1. The zero-order valence-electron chi connectivity index (χ0n) is 21.4. The van der Waals surface area contributed by atoms with E-state index in [0.29, 0.717) is 50.3 Å². The van der Waals surface area contributed by atoms with E-state index in [1.807, 2.05) is 0 Å². The molecule has 2 aromatic rings. The number of carbonyl (C=O) groups is 2. The molecule has 0 spiro atoms. The number of anilines is 1. The number of hydrogen-bond donors (Lipinski definition) is 2. The second-order valence-corrected chi connectivity index (χ2v) is 11.7. The zero-order valence-corrected chi connectivity index (χ0v) is 25.4. The average Bonchev–Trinajstić information content (AvgIpc) is 2.81. The van der Waals surface area contributed by atoms with E-state index < -0.39 is 5.60 Å². The van der Waals surface area contributed by atoms with Gasteiger partial charge >= 0.3 is 0 Å². The standard InChI is InChI=1S/C26H30Cl4N4O3.H2S/c1-26(37,19-10-15(27)4-5-20(19)28)25(36)33-8-6-18(7-9-33)34-13-17(14-34)31-16-11-21(29)23(22(30)12-16)24(35)32(2)3;/h4-5,10-12,17-18,31,37H,6-9,13-14H2,1-3H3;1H2/t26-;/m0./s1. The molecule has 38 heavy (non-hydrogen) atoms. The predicted molar refractivity (Wildman–Crippen MR) is 159 cm³/mol. The molecular formula is C26H32Cl4N4O3S. The van der Waals surface area contributed by atoms with Crippen molar-refractivity contribution in [3.63, 3.8) is 0 Å². The number of nitrogens with one attached hydrogen (secondary N) is 1. The predicted octanol–water partition coefficient (Wildman–Crippen LogP) is 5.11. The molecule has 4 rings (SSSR count). The van der Waals surface area contributed by atoms with Crippen LogP contribution in [-0.2, 0) is 10.4 Å². The highest BCUT2D eigenvalue weighted by Gasteiger charge is 2.41. The molecule has 7 nitrogen and oxygen atoms in total. The van der Waals surface area contributed by atoms with Gasteiger partial charge in [0.1, 0.15) is 0 Å². The van der Waals surface area contributed by atoms with Crippen LogP contribution in [0.25, 0.3) is 0 Å². The van der Waals surface area contributed by atoms with E-state index in [9.17, 15) is 14.7 Å². The van der Waals surface area contributed by atoms with Gasteiger partial charge in [-0.1, -0.05) is 46.4 Å². The first kappa shape index (κ1) is 31.1. The number of rotatable bonds is 6. The van der Waals surface area contributed by atoms with Gasteiger partial charge in [0.05, 0.1) is 21.7 Å². The van der Waals surface area contributed by atoms with Crippen molar-refractivity contribution in [2.24, 2.45) is 0 Å². The summed E-state index contributed by atoms with van der Waals surface area (Å²) in [6, 6.07) is 8.79. The van der Waals surface area contributed by atoms with Crippen molar-refractivity contribution in [3.05, 3.63) is 61.5 Å². The summed E-state index contributed by atoms with van der Waals surface area (Å²) in [5, 5.41) is 15.8. The maximum Gasteiger partial charge on any atom is 0.258 e. The minimum absolute atomic E-state index is 0. The van der Waals surface area contributed by atoms with Gasteiger partial charge in [-0.25, -0.2) is 0 Å². The molecule has 2 amide bonds. The van der Waals surface area contributed by atoms with Gasteiger partial charge < -0.3 is 20.2 Å². The van der Waals surface area contributed by atoms with Crippen molar-refractivity contribution < 1.29 is 14.7 Å². The van der Waals surface area contributed by atoms with Gasteiger partial charge in [0.25, 0.3) is 11.8 Å². The Balaban J connectivity index is 0.00000400. The Hall–Kier alpha value is -1.39. The van der Waals surface area contributed by atoms with Crippen molar-refractivity contribution in [1.82, 2.24) is 14.7 Å². The number of carbonyl (C=O) groups excluding carboxylic acids is 2. The lowest BCUT2D eigenvalue weighted by atomic mass is 9.92. The normalized spacial score (nSPS) is 18.3. The summed E-state index contributed by atoms with van der Waals surface area (Å²) < 4.78 is 0. The lowest BCUT2D eigenvalue weighted by molar-refractivity contribution is -0.152. The van der Waals surface area contributed by atoms with Crippen LogP contribution in [0.2, 0.25) is 20.1 Å². The van der Waals surface area contributed by atoms with Crippen LogP contribution in [0, 0.1) is 0 Å². The first-order chi connectivity index (χ1) is 17.4. The van der Waals surface area contributed by atoms with Crippen LogP contribution in [0.5, 0.6) is 0 Å². The molecule has 0 radical (unpaired) electrons. The van der Waals surface area contributed by atoms with Gasteiger partial charge in [-0.15, -0.1) is 0 Å². The van der Waals surface area contributed by atoms with Crippen LogP contribution >= 0.6 is 59.9 Å². The monoisotopic (exact) mass is 620 g/mol. The number of hydrogen-bond acceptors (Lipinski definition) is 5. The lowest BCUT2D eigenvalue weighted by Gasteiger charge is -2.48. The number of benzene rings is 2.